The molecule has 0 amide bonds. The molecule has 6 heteroatoms. The third kappa shape index (κ3) is 2.28. The van der Waals surface area contributed by atoms with Gasteiger partial charge in [0.15, 0.2) is 11.3 Å². The van der Waals surface area contributed by atoms with Gasteiger partial charge in [0.25, 0.3) is 0 Å². The molecule has 0 fully saturated rings. The van der Waals surface area contributed by atoms with Gasteiger partial charge in [-0.1, -0.05) is 6.07 Å². The molecule has 96 valence electrons. The Morgan fingerprint density at radius 1 is 1.17 bits per heavy atom. The Kier molecular flexibility index (Phi) is 2.74. The Morgan fingerprint density at radius 2 is 1.72 bits per heavy atom. The van der Waals surface area contributed by atoms with E-state index in [2.05, 4.69) is 0 Å². The third-order valence-corrected chi connectivity index (χ3v) is 2.38. The zero-order valence-corrected chi connectivity index (χ0v) is 10.0. The summed E-state index contributed by atoms with van der Waals surface area (Å²) in [6.45, 7) is 3.62. The average molecular weight is 251 g/mol. The Bertz CT molecular complexity index is 705. The SMILES string of the molecule is CC(C)(N)Cc1ccc(O)c2oc(=O)c(=O)oc12. The number of aromatic hydroxyl groups is 1. The lowest BCUT2D eigenvalue weighted by molar-refractivity contribution is 0.416. The molecule has 0 spiro atoms. The molecule has 0 aliphatic heterocycles. The highest BCUT2D eigenvalue weighted by Gasteiger charge is 2.18. The monoisotopic (exact) mass is 251 g/mol. The van der Waals surface area contributed by atoms with Crippen LogP contribution in [0.3, 0.4) is 0 Å². The Labute approximate surface area is 102 Å². The minimum absolute atomic E-state index is 0.0538. The van der Waals surface area contributed by atoms with Gasteiger partial charge >= 0.3 is 11.3 Å². The summed E-state index contributed by atoms with van der Waals surface area (Å²) in [5.41, 5.74) is 3.61. The molecule has 3 N–H and O–H groups in total. The van der Waals surface area contributed by atoms with Crippen LogP contribution in [0.5, 0.6) is 5.75 Å². The van der Waals surface area contributed by atoms with Crippen LogP contribution >= 0.6 is 0 Å². The van der Waals surface area contributed by atoms with Crippen LogP contribution in [0, 0.1) is 0 Å². The van der Waals surface area contributed by atoms with Crippen molar-refractivity contribution in [3.8, 4) is 5.75 Å². The topological polar surface area (TPSA) is 107 Å². The largest absolute Gasteiger partial charge is 0.504 e. The van der Waals surface area contributed by atoms with Crippen molar-refractivity contribution in [2.75, 3.05) is 0 Å². The van der Waals surface area contributed by atoms with Crippen LogP contribution in [0.4, 0.5) is 0 Å². The van der Waals surface area contributed by atoms with Gasteiger partial charge < -0.3 is 19.7 Å². The summed E-state index contributed by atoms with van der Waals surface area (Å²) in [7, 11) is 0. The number of fused-ring (bicyclic) bond motifs is 1. The lowest BCUT2D eigenvalue weighted by Gasteiger charge is -2.18. The molecule has 1 heterocycles. The van der Waals surface area contributed by atoms with E-state index in [4.69, 9.17) is 14.6 Å². The van der Waals surface area contributed by atoms with Gasteiger partial charge in [-0.2, -0.15) is 0 Å². The molecule has 0 saturated carbocycles. The first-order chi connectivity index (χ1) is 8.28. The van der Waals surface area contributed by atoms with Gasteiger partial charge in [-0.05, 0) is 26.3 Å². The van der Waals surface area contributed by atoms with E-state index in [1.165, 1.54) is 6.07 Å². The number of hydrogen-bond donors (Lipinski definition) is 2. The van der Waals surface area contributed by atoms with E-state index in [-0.39, 0.29) is 16.9 Å². The maximum absolute atomic E-state index is 11.2. The fourth-order valence-electron chi connectivity index (χ4n) is 1.70. The summed E-state index contributed by atoms with van der Waals surface area (Å²) < 4.78 is 9.60. The van der Waals surface area contributed by atoms with E-state index in [9.17, 15) is 14.7 Å². The molecule has 2 rings (SSSR count). The van der Waals surface area contributed by atoms with Crippen molar-refractivity contribution in [2.24, 2.45) is 5.73 Å². The normalized spacial score (nSPS) is 11.9. The smallest absolute Gasteiger partial charge is 0.423 e. The second kappa shape index (κ2) is 3.99. The van der Waals surface area contributed by atoms with Crippen LogP contribution in [-0.4, -0.2) is 10.6 Å². The molecule has 0 saturated heterocycles. The average Bonchev–Trinajstić information content (AvgIpc) is 2.24. The number of phenolic OH excluding ortho intramolecular Hbond substituents is 1. The van der Waals surface area contributed by atoms with E-state index in [1.807, 2.05) is 13.8 Å². The highest BCUT2D eigenvalue weighted by atomic mass is 16.5. The highest BCUT2D eigenvalue weighted by molar-refractivity contribution is 5.79. The molecule has 0 atom stereocenters. The summed E-state index contributed by atoms with van der Waals surface area (Å²) in [6, 6.07) is 2.95. The molecule has 0 aliphatic rings. The van der Waals surface area contributed by atoms with Crippen molar-refractivity contribution in [1.29, 1.82) is 0 Å². The summed E-state index contributed by atoms with van der Waals surface area (Å²) in [4.78, 5) is 22.2. The molecule has 1 aromatic carbocycles. The zero-order valence-electron chi connectivity index (χ0n) is 10.0. The molecule has 0 radical (unpaired) electrons. The van der Waals surface area contributed by atoms with Crippen molar-refractivity contribution < 1.29 is 13.9 Å². The number of rotatable bonds is 2. The summed E-state index contributed by atoms with van der Waals surface area (Å²) in [5, 5.41) is 9.58. The number of hydrogen-bond acceptors (Lipinski definition) is 6. The number of phenols is 1. The first-order valence-electron chi connectivity index (χ1n) is 5.35. The lowest BCUT2D eigenvalue weighted by Crippen LogP contribution is -2.34. The molecule has 6 nitrogen and oxygen atoms in total. The molecule has 0 aliphatic carbocycles. The summed E-state index contributed by atoms with van der Waals surface area (Å²) >= 11 is 0. The quantitative estimate of drug-likeness (QED) is 0.762. The second-order valence-corrected chi connectivity index (χ2v) is 4.85. The molecule has 18 heavy (non-hydrogen) atoms. The van der Waals surface area contributed by atoms with Crippen molar-refractivity contribution in [2.45, 2.75) is 25.8 Å². The van der Waals surface area contributed by atoms with Crippen LogP contribution in [0.25, 0.3) is 11.2 Å². The van der Waals surface area contributed by atoms with Gasteiger partial charge in [0, 0.05) is 11.1 Å². The van der Waals surface area contributed by atoms with Crippen molar-refractivity contribution >= 4 is 11.2 Å². The van der Waals surface area contributed by atoms with Crippen molar-refractivity contribution in [3.05, 3.63) is 38.5 Å². The Balaban J connectivity index is 2.77. The molecule has 0 unspecified atom stereocenters. The van der Waals surface area contributed by atoms with Gasteiger partial charge in [-0.3, -0.25) is 0 Å². The van der Waals surface area contributed by atoms with Crippen molar-refractivity contribution in [3.63, 3.8) is 0 Å². The number of nitrogens with two attached hydrogens (primary N) is 1. The molecular formula is C12H13NO5. The van der Waals surface area contributed by atoms with E-state index in [0.717, 1.165) is 0 Å². The minimum Gasteiger partial charge on any atom is -0.504 e. The highest BCUT2D eigenvalue weighted by Crippen LogP contribution is 2.27. The van der Waals surface area contributed by atoms with Gasteiger partial charge in [-0.25, -0.2) is 9.59 Å². The molecule has 1 aromatic heterocycles. The predicted octanol–water partition coefficient (Wildman–Crippen LogP) is 0.732. The van der Waals surface area contributed by atoms with Gasteiger partial charge in [0.1, 0.15) is 0 Å². The Hall–Kier alpha value is -2.08. The van der Waals surface area contributed by atoms with Crippen molar-refractivity contribution in [1.82, 2.24) is 0 Å². The molecular weight excluding hydrogens is 238 g/mol. The molecule has 0 bridgehead atoms. The summed E-state index contributed by atoms with van der Waals surface area (Å²) in [6.07, 6.45) is 0.403. The fraction of sp³-hybridized carbons (Fsp3) is 0.333. The van der Waals surface area contributed by atoms with Crippen LogP contribution < -0.4 is 17.0 Å². The predicted molar refractivity (Wildman–Crippen MR) is 64.7 cm³/mol. The van der Waals surface area contributed by atoms with E-state index >= 15 is 0 Å². The maximum atomic E-state index is 11.2. The zero-order chi connectivity index (χ0) is 13.5. The van der Waals surface area contributed by atoms with Crippen LogP contribution in [0.15, 0.2) is 30.6 Å². The third-order valence-electron chi connectivity index (χ3n) is 2.38. The lowest BCUT2D eigenvalue weighted by atomic mass is 9.95. The minimum atomic E-state index is -1.15. The van der Waals surface area contributed by atoms with Gasteiger partial charge in [0.05, 0.1) is 0 Å². The van der Waals surface area contributed by atoms with Crippen LogP contribution in [-0.2, 0) is 6.42 Å². The number of benzene rings is 1. The van der Waals surface area contributed by atoms with Gasteiger partial charge in [0.2, 0.25) is 5.58 Å². The van der Waals surface area contributed by atoms with E-state index in [1.54, 1.807) is 6.07 Å². The van der Waals surface area contributed by atoms with E-state index in [0.29, 0.717) is 12.0 Å². The molecule has 2 aromatic rings. The first-order valence-corrected chi connectivity index (χ1v) is 5.35. The van der Waals surface area contributed by atoms with Gasteiger partial charge in [-0.15, -0.1) is 0 Å². The summed E-state index contributed by atoms with van der Waals surface area (Å²) in [5.74, 6) is -0.260. The Morgan fingerprint density at radius 3 is 2.28 bits per heavy atom. The van der Waals surface area contributed by atoms with Crippen LogP contribution in [0.2, 0.25) is 0 Å². The maximum Gasteiger partial charge on any atom is 0.423 e. The van der Waals surface area contributed by atoms with Crippen LogP contribution in [0.1, 0.15) is 19.4 Å². The standard InChI is InChI=1S/C12H13NO5/c1-12(2,13)5-6-3-4-7(14)9-8(6)17-10(15)11(16)18-9/h3-4,14H,5,13H2,1-2H3. The fourth-order valence-corrected chi connectivity index (χ4v) is 1.70. The second-order valence-electron chi connectivity index (χ2n) is 4.85. The van der Waals surface area contributed by atoms with E-state index < -0.39 is 16.8 Å². The first kappa shape index (κ1) is 12.4.